The molecule has 2 aliphatic carbocycles. The van der Waals surface area contributed by atoms with Gasteiger partial charge >= 0.3 is 0 Å². The van der Waals surface area contributed by atoms with Crippen LogP contribution in [-0.2, 0) is 19.1 Å². The number of hydrogen-bond donors (Lipinski definition) is 1. The molecule has 0 spiro atoms. The Balaban J connectivity index is 1.52. The normalized spacial score (nSPS) is 27.1. The van der Waals surface area contributed by atoms with Crippen LogP contribution in [0.1, 0.15) is 43.7 Å². The number of rotatable bonds is 7. The Morgan fingerprint density at radius 3 is 2.85 bits per heavy atom. The van der Waals surface area contributed by atoms with E-state index in [0.717, 1.165) is 31.2 Å². The predicted octanol–water partition coefficient (Wildman–Crippen LogP) is 1.45. The van der Waals surface area contributed by atoms with Gasteiger partial charge < -0.3 is 19.7 Å². The van der Waals surface area contributed by atoms with E-state index in [1.54, 1.807) is 19.5 Å². The molecule has 1 N–H and O–H groups in total. The molecule has 4 rings (SSSR count). The van der Waals surface area contributed by atoms with Crippen molar-refractivity contribution in [1.82, 2.24) is 15.2 Å². The Kier molecular flexibility index (Phi) is 5.14. The molecule has 1 aromatic heterocycles. The standard InChI is InChI=1S/C20H27N3O4/c1-26-13-20(7-3-8-20)12-22-19(25)18-17(14-4-2-9-21-10-14)23(15-5-6-15)16(24)11-27-18/h2,4,9-10,15,17-18H,3,5-8,11-13H2,1H3,(H,22,25). The average Bonchev–Trinajstić information content (AvgIpc) is 3.49. The van der Waals surface area contributed by atoms with E-state index in [9.17, 15) is 9.59 Å². The number of methoxy groups -OCH3 is 1. The van der Waals surface area contributed by atoms with Gasteiger partial charge in [0, 0.05) is 37.5 Å². The molecule has 7 heteroatoms. The highest BCUT2D eigenvalue weighted by Crippen LogP contribution is 2.41. The zero-order valence-electron chi connectivity index (χ0n) is 15.7. The summed E-state index contributed by atoms with van der Waals surface area (Å²) in [5, 5.41) is 3.07. The van der Waals surface area contributed by atoms with Crippen LogP contribution >= 0.6 is 0 Å². The van der Waals surface area contributed by atoms with Crippen LogP contribution in [-0.4, -0.2) is 60.7 Å². The highest BCUT2D eigenvalue weighted by atomic mass is 16.5. The second kappa shape index (κ2) is 7.56. The van der Waals surface area contributed by atoms with E-state index in [4.69, 9.17) is 9.47 Å². The number of hydrogen-bond acceptors (Lipinski definition) is 5. The van der Waals surface area contributed by atoms with Crippen LogP contribution < -0.4 is 5.32 Å². The summed E-state index contributed by atoms with van der Waals surface area (Å²) in [5.41, 5.74) is 0.877. The molecule has 3 aliphatic rings. The zero-order valence-corrected chi connectivity index (χ0v) is 15.7. The van der Waals surface area contributed by atoms with Crippen LogP contribution in [0.4, 0.5) is 0 Å². The molecule has 0 radical (unpaired) electrons. The van der Waals surface area contributed by atoms with Crippen molar-refractivity contribution in [3.05, 3.63) is 30.1 Å². The summed E-state index contributed by atoms with van der Waals surface area (Å²) in [5.74, 6) is -0.213. The van der Waals surface area contributed by atoms with E-state index in [0.29, 0.717) is 13.2 Å². The van der Waals surface area contributed by atoms with Crippen molar-refractivity contribution in [2.24, 2.45) is 5.41 Å². The molecular formula is C20H27N3O4. The Bertz CT molecular complexity index is 688. The number of ether oxygens (including phenoxy) is 2. The van der Waals surface area contributed by atoms with Crippen LogP contribution in [0, 0.1) is 5.41 Å². The second-order valence-corrected chi connectivity index (χ2v) is 8.00. The number of nitrogens with zero attached hydrogens (tertiary/aromatic N) is 2. The largest absolute Gasteiger partial charge is 0.384 e. The predicted molar refractivity (Wildman–Crippen MR) is 97.8 cm³/mol. The molecule has 0 aromatic carbocycles. The van der Waals surface area contributed by atoms with Crippen LogP contribution in [0.3, 0.4) is 0 Å². The van der Waals surface area contributed by atoms with Crippen molar-refractivity contribution in [1.29, 1.82) is 0 Å². The van der Waals surface area contributed by atoms with Crippen LogP contribution in [0.5, 0.6) is 0 Å². The molecule has 1 aromatic rings. The highest BCUT2D eigenvalue weighted by molar-refractivity contribution is 5.86. The van der Waals surface area contributed by atoms with E-state index < -0.39 is 12.1 Å². The lowest BCUT2D eigenvalue weighted by atomic mass is 9.69. The molecule has 2 saturated carbocycles. The van der Waals surface area contributed by atoms with Crippen LogP contribution in [0.2, 0.25) is 0 Å². The van der Waals surface area contributed by atoms with E-state index in [2.05, 4.69) is 10.3 Å². The van der Waals surface area contributed by atoms with Gasteiger partial charge in [0.25, 0.3) is 5.91 Å². The van der Waals surface area contributed by atoms with Gasteiger partial charge in [0.2, 0.25) is 5.91 Å². The average molecular weight is 373 g/mol. The SMILES string of the molecule is COCC1(CNC(=O)C2OCC(=O)N(C3CC3)C2c2cccnc2)CCC1. The number of amides is 2. The summed E-state index contributed by atoms with van der Waals surface area (Å²) in [7, 11) is 1.70. The van der Waals surface area contributed by atoms with Crippen LogP contribution in [0.25, 0.3) is 0 Å². The van der Waals surface area contributed by atoms with Gasteiger partial charge in [0.05, 0.1) is 12.6 Å². The molecule has 2 atom stereocenters. The highest BCUT2D eigenvalue weighted by Gasteiger charge is 2.48. The minimum atomic E-state index is -0.716. The van der Waals surface area contributed by atoms with Gasteiger partial charge in [-0.1, -0.05) is 12.5 Å². The number of pyridine rings is 1. The maximum atomic E-state index is 13.0. The molecular weight excluding hydrogens is 346 g/mol. The molecule has 1 aliphatic heterocycles. The molecule has 2 heterocycles. The number of carbonyl (C=O) groups is 2. The number of aromatic nitrogens is 1. The van der Waals surface area contributed by atoms with Crippen molar-refractivity contribution in [3.8, 4) is 0 Å². The van der Waals surface area contributed by atoms with Crippen molar-refractivity contribution in [3.63, 3.8) is 0 Å². The molecule has 27 heavy (non-hydrogen) atoms. The Labute approximate surface area is 159 Å². The summed E-state index contributed by atoms with van der Waals surface area (Å²) in [6, 6.07) is 3.52. The minimum absolute atomic E-state index is 0.0366. The fourth-order valence-corrected chi connectivity index (χ4v) is 4.25. The first-order chi connectivity index (χ1) is 13.1. The van der Waals surface area contributed by atoms with Crippen molar-refractivity contribution >= 4 is 11.8 Å². The van der Waals surface area contributed by atoms with Crippen molar-refractivity contribution < 1.29 is 19.1 Å². The Morgan fingerprint density at radius 2 is 2.26 bits per heavy atom. The van der Waals surface area contributed by atoms with E-state index in [-0.39, 0.29) is 29.9 Å². The van der Waals surface area contributed by atoms with Gasteiger partial charge in [-0.2, -0.15) is 0 Å². The molecule has 1 saturated heterocycles. The van der Waals surface area contributed by atoms with E-state index >= 15 is 0 Å². The van der Waals surface area contributed by atoms with Crippen LogP contribution in [0.15, 0.2) is 24.5 Å². The lowest BCUT2D eigenvalue weighted by molar-refractivity contribution is -0.165. The van der Waals surface area contributed by atoms with E-state index in [1.165, 1.54) is 6.42 Å². The van der Waals surface area contributed by atoms with Gasteiger partial charge in [-0.15, -0.1) is 0 Å². The first-order valence-corrected chi connectivity index (χ1v) is 9.73. The van der Waals surface area contributed by atoms with E-state index in [1.807, 2.05) is 17.0 Å². The minimum Gasteiger partial charge on any atom is -0.384 e. The first kappa shape index (κ1) is 18.4. The third-order valence-electron chi connectivity index (χ3n) is 5.99. The molecule has 2 amide bonds. The summed E-state index contributed by atoms with van der Waals surface area (Å²) >= 11 is 0. The number of morpholine rings is 1. The summed E-state index contributed by atoms with van der Waals surface area (Å²) in [4.78, 5) is 31.6. The smallest absolute Gasteiger partial charge is 0.251 e. The number of carbonyl (C=O) groups excluding carboxylic acids is 2. The Hall–Kier alpha value is -1.99. The third-order valence-corrected chi connectivity index (χ3v) is 5.99. The van der Waals surface area contributed by atoms with Crippen molar-refractivity contribution in [2.45, 2.75) is 50.3 Å². The lowest BCUT2D eigenvalue weighted by Gasteiger charge is -2.43. The molecule has 7 nitrogen and oxygen atoms in total. The molecule has 3 fully saturated rings. The van der Waals surface area contributed by atoms with Gasteiger partial charge in [-0.3, -0.25) is 14.6 Å². The topological polar surface area (TPSA) is 80.8 Å². The van der Waals surface area contributed by atoms with Gasteiger partial charge in [-0.05, 0) is 37.3 Å². The fraction of sp³-hybridized carbons (Fsp3) is 0.650. The summed E-state index contributed by atoms with van der Waals surface area (Å²) < 4.78 is 11.1. The first-order valence-electron chi connectivity index (χ1n) is 9.73. The van der Waals surface area contributed by atoms with Crippen molar-refractivity contribution in [2.75, 3.05) is 26.9 Å². The summed E-state index contributed by atoms with van der Waals surface area (Å²) in [6.07, 6.45) is 7.95. The maximum Gasteiger partial charge on any atom is 0.251 e. The fourth-order valence-electron chi connectivity index (χ4n) is 4.25. The maximum absolute atomic E-state index is 13.0. The second-order valence-electron chi connectivity index (χ2n) is 8.00. The molecule has 2 unspecified atom stereocenters. The quantitative estimate of drug-likeness (QED) is 0.782. The Morgan fingerprint density at radius 1 is 1.44 bits per heavy atom. The van der Waals surface area contributed by atoms with Gasteiger partial charge in [0.15, 0.2) is 6.10 Å². The third kappa shape index (κ3) is 3.71. The van der Waals surface area contributed by atoms with Gasteiger partial charge in [-0.25, -0.2) is 0 Å². The lowest BCUT2D eigenvalue weighted by Crippen LogP contribution is -2.56. The molecule has 146 valence electrons. The molecule has 0 bridgehead atoms. The van der Waals surface area contributed by atoms with Gasteiger partial charge in [0.1, 0.15) is 6.61 Å². The number of nitrogens with one attached hydrogen (secondary N) is 1. The zero-order chi connectivity index (χ0) is 18.9. The summed E-state index contributed by atoms with van der Waals surface area (Å²) in [6.45, 7) is 1.18. The monoisotopic (exact) mass is 373 g/mol.